The van der Waals surface area contributed by atoms with Gasteiger partial charge in [-0.15, -0.1) is 0 Å². The zero-order valence-corrected chi connectivity index (χ0v) is 14.6. The maximum absolute atomic E-state index is 2.46. The van der Waals surface area contributed by atoms with Crippen molar-refractivity contribution < 1.29 is 0 Å². The van der Waals surface area contributed by atoms with Gasteiger partial charge in [-0.05, 0) is 25.2 Å². The smallest absolute Gasteiger partial charge is 0.0322 e. The van der Waals surface area contributed by atoms with Crippen LogP contribution in [0.1, 0.15) is 111 Å². The molecule has 0 aliphatic rings. The van der Waals surface area contributed by atoms with E-state index in [1.54, 1.807) is 0 Å². The van der Waals surface area contributed by atoms with Gasteiger partial charge in [0.1, 0.15) is 0 Å². The molecule has 0 radical (unpaired) electrons. The summed E-state index contributed by atoms with van der Waals surface area (Å²) in [4.78, 5) is 0. The minimum Gasteiger partial charge on any atom is -0.0885 e. The highest BCUT2D eigenvalue weighted by Gasteiger charge is 2.03. The molecule has 0 aliphatic carbocycles. The molecule has 120 valence electrons. The Bertz CT molecular complexity index is 192. The van der Waals surface area contributed by atoms with E-state index in [0.717, 1.165) is 5.92 Å². The molecule has 1 unspecified atom stereocenters. The zero-order valence-electron chi connectivity index (χ0n) is 14.6. The maximum atomic E-state index is 2.46. The fraction of sp³-hybridized carbons (Fsp3) is 0.900. The minimum atomic E-state index is 0.938. The van der Waals surface area contributed by atoms with E-state index in [1.807, 2.05) is 0 Å². The van der Waals surface area contributed by atoms with E-state index >= 15 is 0 Å². The first-order valence-corrected chi connectivity index (χ1v) is 9.50. The molecule has 0 aromatic carbocycles. The van der Waals surface area contributed by atoms with Crippen LogP contribution in [0.3, 0.4) is 0 Å². The summed E-state index contributed by atoms with van der Waals surface area (Å²) < 4.78 is 0. The first-order chi connectivity index (χ1) is 9.85. The Labute approximate surface area is 129 Å². The summed E-state index contributed by atoms with van der Waals surface area (Å²) in [5.74, 6) is 0.938. The van der Waals surface area contributed by atoms with E-state index < -0.39 is 0 Å². The highest BCUT2D eigenvalue weighted by molar-refractivity contribution is 4.83. The second-order valence-corrected chi connectivity index (χ2v) is 6.39. The van der Waals surface area contributed by atoms with Crippen molar-refractivity contribution in [1.82, 2.24) is 0 Å². The molecular weight excluding hydrogens is 240 g/mol. The molecule has 0 aliphatic heterocycles. The predicted octanol–water partition coefficient (Wildman–Crippen LogP) is 7.68. The van der Waals surface area contributed by atoms with Crippen molar-refractivity contribution in [3.8, 4) is 0 Å². The molecule has 0 N–H and O–H groups in total. The van der Waals surface area contributed by atoms with Gasteiger partial charge in [0.25, 0.3) is 0 Å². The van der Waals surface area contributed by atoms with Crippen molar-refractivity contribution in [2.45, 2.75) is 111 Å². The second kappa shape index (κ2) is 16.8. The number of rotatable bonds is 15. The van der Waals surface area contributed by atoms with Gasteiger partial charge in [0.2, 0.25) is 0 Å². The molecule has 0 heterocycles. The van der Waals surface area contributed by atoms with Gasteiger partial charge >= 0.3 is 0 Å². The summed E-state index contributed by atoms with van der Waals surface area (Å²) in [5.41, 5.74) is 0. The van der Waals surface area contributed by atoms with E-state index in [4.69, 9.17) is 0 Å². The molecule has 0 spiro atoms. The third-order valence-electron chi connectivity index (χ3n) is 4.40. The molecule has 0 rings (SSSR count). The molecule has 0 saturated heterocycles. The van der Waals surface area contributed by atoms with Crippen LogP contribution < -0.4 is 0 Å². The Balaban J connectivity index is 3.40. The van der Waals surface area contributed by atoms with Crippen molar-refractivity contribution in [3.63, 3.8) is 0 Å². The van der Waals surface area contributed by atoms with E-state index in [9.17, 15) is 0 Å². The van der Waals surface area contributed by atoms with Crippen LogP contribution in [0.2, 0.25) is 0 Å². The standard InChI is InChI=1S/C20H40/c1-4-7-9-11-12-13-14-15-17-19-20(6-3)18-16-10-8-5-2/h15,17,20H,4-14,16,18-19H2,1-3H3. The summed E-state index contributed by atoms with van der Waals surface area (Å²) in [6, 6.07) is 0. The molecule has 0 amide bonds. The molecule has 0 fully saturated rings. The van der Waals surface area contributed by atoms with Gasteiger partial charge in [-0.1, -0.05) is 104 Å². The largest absolute Gasteiger partial charge is 0.0885 e. The van der Waals surface area contributed by atoms with Crippen molar-refractivity contribution >= 4 is 0 Å². The first-order valence-electron chi connectivity index (χ1n) is 9.50. The molecule has 0 saturated carbocycles. The van der Waals surface area contributed by atoms with Crippen LogP contribution in [0.25, 0.3) is 0 Å². The third kappa shape index (κ3) is 14.2. The molecule has 20 heavy (non-hydrogen) atoms. The molecule has 1 atom stereocenters. The summed E-state index contributed by atoms with van der Waals surface area (Å²) in [5, 5.41) is 0. The lowest BCUT2D eigenvalue weighted by Crippen LogP contribution is -1.97. The lowest BCUT2D eigenvalue weighted by Gasteiger charge is -2.11. The van der Waals surface area contributed by atoms with Crippen molar-refractivity contribution in [3.05, 3.63) is 12.2 Å². The summed E-state index contributed by atoms with van der Waals surface area (Å²) in [6.07, 6.45) is 24.5. The van der Waals surface area contributed by atoms with Crippen LogP contribution in [0.5, 0.6) is 0 Å². The van der Waals surface area contributed by atoms with E-state index in [1.165, 1.54) is 89.9 Å². The van der Waals surface area contributed by atoms with Crippen molar-refractivity contribution in [1.29, 1.82) is 0 Å². The van der Waals surface area contributed by atoms with E-state index in [0.29, 0.717) is 0 Å². The summed E-state index contributed by atoms with van der Waals surface area (Å²) in [7, 11) is 0. The maximum Gasteiger partial charge on any atom is -0.0322 e. The third-order valence-corrected chi connectivity index (χ3v) is 4.40. The fourth-order valence-corrected chi connectivity index (χ4v) is 2.80. The van der Waals surface area contributed by atoms with Gasteiger partial charge < -0.3 is 0 Å². The Morgan fingerprint density at radius 1 is 0.650 bits per heavy atom. The Morgan fingerprint density at radius 3 is 1.90 bits per heavy atom. The number of allylic oxidation sites excluding steroid dienone is 2. The van der Waals surface area contributed by atoms with Gasteiger partial charge in [-0.2, -0.15) is 0 Å². The van der Waals surface area contributed by atoms with Crippen LogP contribution in [0.15, 0.2) is 12.2 Å². The van der Waals surface area contributed by atoms with Gasteiger partial charge in [0, 0.05) is 0 Å². The Hall–Kier alpha value is -0.260. The summed E-state index contributed by atoms with van der Waals surface area (Å²) in [6.45, 7) is 6.93. The summed E-state index contributed by atoms with van der Waals surface area (Å²) >= 11 is 0. The van der Waals surface area contributed by atoms with Gasteiger partial charge in [-0.3, -0.25) is 0 Å². The van der Waals surface area contributed by atoms with Crippen molar-refractivity contribution in [2.75, 3.05) is 0 Å². The molecule has 0 aromatic heterocycles. The average Bonchev–Trinajstić information content (AvgIpc) is 2.47. The number of hydrogen-bond acceptors (Lipinski definition) is 0. The SMILES string of the molecule is CCCCCCCCC=CCC(CC)CCCCCC. The normalized spacial score (nSPS) is 13.2. The van der Waals surface area contributed by atoms with Crippen molar-refractivity contribution in [2.24, 2.45) is 5.92 Å². The zero-order chi connectivity index (χ0) is 14.9. The van der Waals surface area contributed by atoms with E-state index in [-0.39, 0.29) is 0 Å². The van der Waals surface area contributed by atoms with Gasteiger partial charge in [0.15, 0.2) is 0 Å². The molecule has 0 bridgehead atoms. The molecular formula is C20H40. The van der Waals surface area contributed by atoms with Crippen LogP contribution in [-0.4, -0.2) is 0 Å². The van der Waals surface area contributed by atoms with Gasteiger partial charge in [-0.25, -0.2) is 0 Å². The minimum absolute atomic E-state index is 0.938. The Kier molecular flexibility index (Phi) is 16.6. The van der Waals surface area contributed by atoms with E-state index in [2.05, 4.69) is 32.9 Å². The molecule has 0 heteroatoms. The van der Waals surface area contributed by atoms with Gasteiger partial charge in [0.05, 0.1) is 0 Å². The topological polar surface area (TPSA) is 0 Å². The lowest BCUT2D eigenvalue weighted by atomic mass is 9.94. The monoisotopic (exact) mass is 280 g/mol. The van der Waals surface area contributed by atoms with Crippen LogP contribution in [-0.2, 0) is 0 Å². The quantitative estimate of drug-likeness (QED) is 0.213. The van der Waals surface area contributed by atoms with Crippen LogP contribution in [0.4, 0.5) is 0 Å². The lowest BCUT2D eigenvalue weighted by molar-refractivity contribution is 0.445. The Morgan fingerprint density at radius 2 is 1.25 bits per heavy atom. The fourth-order valence-electron chi connectivity index (χ4n) is 2.80. The van der Waals surface area contributed by atoms with Crippen LogP contribution >= 0.6 is 0 Å². The first kappa shape index (κ1) is 19.7. The molecule has 0 aromatic rings. The number of hydrogen-bond donors (Lipinski definition) is 0. The predicted molar refractivity (Wildman–Crippen MR) is 94.3 cm³/mol. The highest BCUT2D eigenvalue weighted by Crippen LogP contribution is 2.18. The van der Waals surface area contributed by atoms with Crippen LogP contribution in [0, 0.1) is 5.92 Å². The molecule has 0 nitrogen and oxygen atoms in total. The second-order valence-electron chi connectivity index (χ2n) is 6.39. The number of unbranched alkanes of at least 4 members (excludes halogenated alkanes) is 9. The average molecular weight is 281 g/mol. The highest BCUT2D eigenvalue weighted by atomic mass is 14.1.